The van der Waals surface area contributed by atoms with E-state index in [9.17, 15) is 4.79 Å². The normalized spacial score (nSPS) is 29.5. The monoisotopic (exact) mass is 362 g/mol. The Hall–Kier alpha value is -0.650. The van der Waals surface area contributed by atoms with Gasteiger partial charge in [0.2, 0.25) is 5.91 Å². The Bertz CT molecular complexity index is 560. The number of carbonyl (C=O) groups excluding carboxylic acids is 1. The first-order chi connectivity index (χ1) is 11.8. The maximum atomic E-state index is 13.0. The average Bonchev–Trinajstić information content (AvgIpc) is 3.04. The standard InChI is InChI=1S/C19H26N2OS2/c22-19-16-6-7-17(21(19)10-15-4-2-1-3-5-15)12-20(11-16)18-13-23-8-9-24-14-18/h1-5,16-18H,6-14H2/t16-,17+/m0/s1. The lowest BCUT2D eigenvalue weighted by Crippen LogP contribution is -2.48. The quantitative estimate of drug-likeness (QED) is 0.825. The Morgan fingerprint density at radius 2 is 1.71 bits per heavy atom. The fourth-order valence-electron chi connectivity index (χ4n) is 4.18. The van der Waals surface area contributed by atoms with Crippen LogP contribution in [0.1, 0.15) is 18.4 Å². The first-order valence-electron chi connectivity index (χ1n) is 9.05. The number of thioether (sulfide) groups is 2. The molecule has 4 heterocycles. The van der Waals surface area contributed by atoms with Crippen molar-refractivity contribution in [2.45, 2.75) is 31.5 Å². The summed E-state index contributed by atoms with van der Waals surface area (Å²) in [6.45, 7) is 2.83. The summed E-state index contributed by atoms with van der Waals surface area (Å²) in [7, 11) is 0. The highest BCUT2D eigenvalue weighted by Gasteiger charge is 2.42. The summed E-state index contributed by atoms with van der Waals surface area (Å²) in [6, 6.07) is 11.5. The molecule has 4 saturated heterocycles. The fourth-order valence-corrected chi connectivity index (χ4v) is 6.80. The maximum Gasteiger partial charge on any atom is 0.227 e. The number of nitrogens with zero attached hydrogens (tertiary/aromatic N) is 2. The summed E-state index contributed by atoms with van der Waals surface area (Å²) < 4.78 is 0. The summed E-state index contributed by atoms with van der Waals surface area (Å²) in [5.41, 5.74) is 1.26. The van der Waals surface area contributed by atoms with Crippen LogP contribution in [-0.4, -0.2) is 63.9 Å². The van der Waals surface area contributed by atoms with Gasteiger partial charge in [0, 0.05) is 54.7 Å². The molecule has 24 heavy (non-hydrogen) atoms. The summed E-state index contributed by atoms with van der Waals surface area (Å²) in [6.07, 6.45) is 2.26. The summed E-state index contributed by atoms with van der Waals surface area (Å²) in [5, 5.41) is 0. The largest absolute Gasteiger partial charge is 0.334 e. The molecule has 5 heteroatoms. The van der Waals surface area contributed by atoms with E-state index in [0.717, 1.165) is 26.1 Å². The van der Waals surface area contributed by atoms with Crippen molar-refractivity contribution in [1.82, 2.24) is 9.80 Å². The van der Waals surface area contributed by atoms with E-state index in [2.05, 4.69) is 57.6 Å². The zero-order valence-electron chi connectivity index (χ0n) is 14.1. The van der Waals surface area contributed by atoms with Gasteiger partial charge in [-0.1, -0.05) is 30.3 Å². The Balaban J connectivity index is 1.50. The first-order valence-corrected chi connectivity index (χ1v) is 11.4. The molecule has 1 amide bonds. The zero-order valence-corrected chi connectivity index (χ0v) is 15.7. The van der Waals surface area contributed by atoms with Crippen LogP contribution >= 0.6 is 23.5 Å². The number of benzene rings is 1. The number of fused-ring (bicyclic) bond motifs is 4. The van der Waals surface area contributed by atoms with Gasteiger partial charge in [0.05, 0.1) is 5.92 Å². The molecule has 2 atom stereocenters. The molecule has 0 unspecified atom stereocenters. The second kappa shape index (κ2) is 7.71. The van der Waals surface area contributed by atoms with E-state index in [1.54, 1.807) is 0 Å². The molecule has 4 fully saturated rings. The van der Waals surface area contributed by atoms with E-state index in [1.165, 1.54) is 35.0 Å². The van der Waals surface area contributed by atoms with Crippen LogP contribution < -0.4 is 0 Å². The fraction of sp³-hybridized carbons (Fsp3) is 0.632. The number of rotatable bonds is 3. The van der Waals surface area contributed by atoms with Crippen molar-refractivity contribution in [3.8, 4) is 0 Å². The number of piperidine rings is 1. The Morgan fingerprint density at radius 3 is 2.46 bits per heavy atom. The molecule has 0 radical (unpaired) electrons. The molecule has 4 aliphatic rings. The molecular formula is C19H26N2OS2. The van der Waals surface area contributed by atoms with Crippen molar-refractivity contribution in [2.24, 2.45) is 5.92 Å². The molecule has 1 aromatic carbocycles. The highest BCUT2D eigenvalue weighted by atomic mass is 32.2. The molecule has 5 rings (SSSR count). The lowest BCUT2D eigenvalue weighted by molar-refractivity contribution is -0.140. The molecular weight excluding hydrogens is 336 g/mol. The topological polar surface area (TPSA) is 23.6 Å². The van der Waals surface area contributed by atoms with Gasteiger partial charge in [0.1, 0.15) is 0 Å². The van der Waals surface area contributed by atoms with Gasteiger partial charge in [-0.05, 0) is 18.4 Å². The van der Waals surface area contributed by atoms with E-state index in [-0.39, 0.29) is 5.92 Å². The molecule has 0 saturated carbocycles. The van der Waals surface area contributed by atoms with Crippen molar-refractivity contribution >= 4 is 29.4 Å². The van der Waals surface area contributed by atoms with Crippen LogP contribution in [0.25, 0.3) is 0 Å². The van der Waals surface area contributed by atoms with Crippen LogP contribution in [0.5, 0.6) is 0 Å². The lowest BCUT2D eigenvalue weighted by Gasteiger charge is -2.36. The van der Waals surface area contributed by atoms with Gasteiger partial charge in [0.25, 0.3) is 0 Å². The van der Waals surface area contributed by atoms with Crippen LogP contribution in [0.15, 0.2) is 30.3 Å². The van der Waals surface area contributed by atoms with Crippen LogP contribution in [0.4, 0.5) is 0 Å². The minimum Gasteiger partial charge on any atom is -0.334 e. The first kappa shape index (κ1) is 16.8. The number of carbonyl (C=O) groups is 1. The van der Waals surface area contributed by atoms with E-state index < -0.39 is 0 Å². The van der Waals surface area contributed by atoms with E-state index in [1.807, 2.05) is 6.07 Å². The van der Waals surface area contributed by atoms with E-state index >= 15 is 0 Å². The molecule has 0 spiro atoms. The van der Waals surface area contributed by atoms with E-state index in [0.29, 0.717) is 18.0 Å². The number of amides is 1. The van der Waals surface area contributed by atoms with E-state index in [4.69, 9.17) is 0 Å². The van der Waals surface area contributed by atoms with Gasteiger partial charge in [-0.15, -0.1) is 0 Å². The molecule has 4 aliphatic heterocycles. The number of hydrogen-bond acceptors (Lipinski definition) is 4. The van der Waals surface area contributed by atoms with Crippen molar-refractivity contribution < 1.29 is 4.79 Å². The minimum absolute atomic E-state index is 0.214. The van der Waals surface area contributed by atoms with Crippen molar-refractivity contribution in [3.05, 3.63) is 35.9 Å². The Labute approximate surface area is 153 Å². The molecule has 0 N–H and O–H groups in total. The van der Waals surface area contributed by atoms with Crippen molar-refractivity contribution in [3.63, 3.8) is 0 Å². The molecule has 0 aromatic heterocycles. The lowest BCUT2D eigenvalue weighted by atomic mass is 9.93. The van der Waals surface area contributed by atoms with Crippen molar-refractivity contribution in [1.29, 1.82) is 0 Å². The molecule has 1 aromatic rings. The maximum absolute atomic E-state index is 13.0. The second-order valence-electron chi connectivity index (χ2n) is 7.14. The average molecular weight is 363 g/mol. The summed E-state index contributed by atoms with van der Waals surface area (Å²) >= 11 is 4.18. The van der Waals surface area contributed by atoms with Crippen LogP contribution in [-0.2, 0) is 11.3 Å². The third-order valence-electron chi connectivity index (χ3n) is 5.53. The zero-order chi connectivity index (χ0) is 16.4. The van der Waals surface area contributed by atoms with Crippen LogP contribution in [0.3, 0.4) is 0 Å². The molecule has 3 nitrogen and oxygen atoms in total. The smallest absolute Gasteiger partial charge is 0.227 e. The highest BCUT2D eigenvalue weighted by Crippen LogP contribution is 2.33. The third kappa shape index (κ3) is 3.63. The molecule has 0 aliphatic carbocycles. The van der Waals surface area contributed by atoms with Gasteiger partial charge in [-0.25, -0.2) is 0 Å². The predicted molar refractivity (Wildman–Crippen MR) is 104 cm³/mol. The van der Waals surface area contributed by atoms with Gasteiger partial charge in [0.15, 0.2) is 0 Å². The van der Waals surface area contributed by atoms with Crippen molar-refractivity contribution in [2.75, 3.05) is 36.1 Å². The third-order valence-corrected chi connectivity index (χ3v) is 8.01. The molecule has 130 valence electrons. The predicted octanol–water partition coefficient (Wildman–Crippen LogP) is 2.96. The summed E-state index contributed by atoms with van der Waals surface area (Å²) in [5.74, 6) is 5.64. The highest BCUT2D eigenvalue weighted by molar-refractivity contribution is 8.03. The van der Waals surface area contributed by atoms with Gasteiger partial charge in [-0.3, -0.25) is 9.69 Å². The second-order valence-corrected chi connectivity index (χ2v) is 9.44. The molecule has 2 bridgehead atoms. The summed E-state index contributed by atoms with van der Waals surface area (Å²) in [4.78, 5) is 17.8. The number of hydrogen-bond donors (Lipinski definition) is 0. The van der Waals surface area contributed by atoms with Gasteiger partial charge in [-0.2, -0.15) is 23.5 Å². The SMILES string of the molecule is O=C1[C@H]2CC[C@H](CN(C3CSCCSC3)C2)N1Cc1ccccc1. The van der Waals surface area contributed by atoms with Crippen LogP contribution in [0, 0.1) is 5.92 Å². The Kier molecular flexibility index (Phi) is 5.40. The Morgan fingerprint density at radius 1 is 0.958 bits per heavy atom. The minimum atomic E-state index is 0.214. The van der Waals surface area contributed by atoms with Gasteiger partial charge < -0.3 is 4.90 Å². The van der Waals surface area contributed by atoms with Crippen LogP contribution in [0.2, 0.25) is 0 Å². The van der Waals surface area contributed by atoms with Gasteiger partial charge >= 0.3 is 0 Å².